The second-order valence-electron chi connectivity index (χ2n) is 8.02. The zero-order valence-corrected chi connectivity index (χ0v) is 19.6. The maximum atomic E-state index is 13.5. The predicted molar refractivity (Wildman–Crippen MR) is 120 cm³/mol. The van der Waals surface area contributed by atoms with Crippen molar-refractivity contribution in [3.8, 4) is 29.1 Å². The van der Waals surface area contributed by atoms with Gasteiger partial charge < -0.3 is 18.9 Å². The minimum absolute atomic E-state index is 0.192. The maximum absolute atomic E-state index is 13.5. The third kappa shape index (κ3) is 4.51. The average Bonchev–Trinajstić information content (AvgIpc) is 2.82. The van der Waals surface area contributed by atoms with Crippen LogP contribution in [-0.4, -0.2) is 49.8 Å². The molecule has 2 amide bonds. The average molecular weight is 453 g/mol. The number of hydrazine groups is 1. The van der Waals surface area contributed by atoms with Gasteiger partial charge in [0.2, 0.25) is 0 Å². The van der Waals surface area contributed by atoms with Crippen LogP contribution in [0.2, 0.25) is 0 Å². The van der Waals surface area contributed by atoms with Gasteiger partial charge in [-0.3, -0.25) is 15.0 Å². The number of ether oxygens (including phenoxy) is 4. The maximum Gasteiger partial charge on any atom is 0.274 e. The zero-order chi connectivity index (χ0) is 24.3. The molecule has 0 aromatic heterocycles. The fourth-order valence-corrected chi connectivity index (χ4v) is 3.50. The van der Waals surface area contributed by atoms with Crippen molar-refractivity contribution in [3.05, 3.63) is 46.5 Å². The smallest absolute Gasteiger partial charge is 0.274 e. The van der Waals surface area contributed by atoms with Gasteiger partial charge in [0.25, 0.3) is 11.8 Å². The molecule has 1 heterocycles. The second kappa shape index (κ2) is 9.28. The number of methoxy groups -OCH3 is 2. The lowest BCUT2D eigenvalue weighted by Gasteiger charge is -2.33. The number of hydrogen-bond acceptors (Lipinski definition) is 7. The molecule has 174 valence electrons. The number of nitrogens with one attached hydrogen (secondary N) is 1. The summed E-state index contributed by atoms with van der Waals surface area (Å²) in [6.07, 6.45) is 0. The number of nitrogens with zero attached hydrogens (tertiary/aromatic N) is 2. The highest BCUT2D eigenvalue weighted by Gasteiger charge is 2.35. The van der Waals surface area contributed by atoms with Crippen molar-refractivity contribution < 1.29 is 28.5 Å². The molecule has 1 N–H and O–H groups in total. The number of hydrogen-bond donors (Lipinski definition) is 1. The van der Waals surface area contributed by atoms with Crippen LogP contribution in [0.3, 0.4) is 0 Å². The van der Waals surface area contributed by atoms with Crippen LogP contribution in [0.15, 0.2) is 24.3 Å². The lowest BCUT2D eigenvalue weighted by molar-refractivity contribution is 0.0424. The number of carbonyl (C=O) groups is 2. The van der Waals surface area contributed by atoms with E-state index in [0.717, 1.165) is 10.6 Å². The highest BCUT2D eigenvalue weighted by molar-refractivity contribution is 6.01. The van der Waals surface area contributed by atoms with Gasteiger partial charge in [-0.05, 0) is 52.0 Å². The quantitative estimate of drug-likeness (QED) is 0.693. The van der Waals surface area contributed by atoms with Crippen molar-refractivity contribution in [3.63, 3.8) is 0 Å². The Hall–Kier alpha value is -3.93. The molecule has 0 aliphatic carbocycles. The summed E-state index contributed by atoms with van der Waals surface area (Å²) < 4.78 is 21.9. The number of rotatable bonds is 5. The van der Waals surface area contributed by atoms with E-state index in [9.17, 15) is 14.9 Å². The van der Waals surface area contributed by atoms with Crippen LogP contribution < -0.4 is 24.4 Å². The van der Waals surface area contributed by atoms with Gasteiger partial charge in [-0.2, -0.15) is 5.26 Å². The van der Waals surface area contributed by atoms with Gasteiger partial charge in [0.15, 0.2) is 11.5 Å². The highest BCUT2D eigenvalue weighted by Crippen LogP contribution is 2.35. The van der Waals surface area contributed by atoms with Crippen molar-refractivity contribution in [2.75, 3.05) is 27.4 Å². The molecule has 0 saturated carbocycles. The molecular weight excluding hydrogens is 426 g/mol. The summed E-state index contributed by atoms with van der Waals surface area (Å²) in [4.78, 5) is 26.7. The molecule has 33 heavy (non-hydrogen) atoms. The summed E-state index contributed by atoms with van der Waals surface area (Å²) in [5, 5.41) is 10.7. The predicted octanol–water partition coefficient (Wildman–Crippen LogP) is 3.18. The first-order chi connectivity index (χ1) is 15.6. The van der Waals surface area contributed by atoms with Crippen LogP contribution in [-0.2, 0) is 0 Å². The monoisotopic (exact) mass is 453 g/mol. The second-order valence-corrected chi connectivity index (χ2v) is 8.02. The Morgan fingerprint density at radius 3 is 2.24 bits per heavy atom. The Morgan fingerprint density at radius 2 is 1.67 bits per heavy atom. The van der Waals surface area contributed by atoms with Gasteiger partial charge in [-0.15, -0.1) is 0 Å². The molecule has 1 aliphatic rings. The molecule has 2 aromatic rings. The molecule has 1 aliphatic heterocycles. The number of carbonyl (C=O) groups excluding carboxylic acids is 2. The van der Waals surface area contributed by atoms with E-state index in [1.807, 2.05) is 0 Å². The first kappa shape index (κ1) is 23.7. The first-order valence-electron chi connectivity index (χ1n) is 10.3. The summed E-state index contributed by atoms with van der Waals surface area (Å²) >= 11 is 0. The van der Waals surface area contributed by atoms with Crippen LogP contribution in [0, 0.1) is 25.2 Å². The minimum Gasteiger partial charge on any atom is -0.496 e. The van der Waals surface area contributed by atoms with E-state index in [1.54, 1.807) is 38.1 Å². The number of benzene rings is 2. The van der Waals surface area contributed by atoms with Crippen LogP contribution in [0.5, 0.6) is 23.0 Å². The zero-order valence-electron chi connectivity index (χ0n) is 19.6. The van der Waals surface area contributed by atoms with Crippen molar-refractivity contribution in [2.24, 2.45) is 0 Å². The van der Waals surface area contributed by atoms with E-state index in [2.05, 4.69) is 11.5 Å². The van der Waals surface area contributed by atoms with Gasteiger partial charge in [0, 0.05) is 22.3 Å². The van der Waals surface area contributed by atoms with Crippen molar-refractivity contribution in [1.82, 2.24) is 10.4 Å². The molecule has 0 bridgehead atoms. The van der Waals surface area contributed by atoms with Gasteiger partial charge in [0.1, 0.15) is 30.3 Å². The van der Waals surface area contributed by atoms with Crippen LogP contribution in [0.1, 0.15) is 45.7 Å². The summed E-state index contributed by atoms with van der Waals surface area (Å²) in [6.45, 7) is 7.41. The van der Waals surface area contributed by atoms with E-state index in [-0.39, 0.29) is 5.56 Å². The normalized spacial score (nSPS) is 12.4. The molecule has 0 spiro atoms. The van der Waals surface area contributed by atoms with E-state index in [0.29, 0.717) is 47.3 Å². The van der Waals surface area contributed by atoms with E-state index < -0.39 is 17.4 Å². The molecule has 0 saturated heterocycles. The lowest BCUT2D eigenvalue weighted by Crippen LogP contribution is -2.56. The van der Waals surface area contributed by atoms with Gasteiger partial charge in [-0.1, -0.05) is 0 Å². The molecule has 3 rings (SSSR count). The fourth-order valence-electron chi connectivity index (χ4n) is 3.50. The van der Waals surface area contributed by atoms with E-state index in [1.165, 1.54) is 28.1 Å². The molecule has 2 aromatic carbocycles. The largest absolute Gasteiger partial charge is 0.496 e. The number of fused-ring (bicyclic) bond motifs is 1. The molecule has 9 heteroatoms. The molecule has 9 nitrogen and oxygen atoms in total. The Balaban J connectivity index is 1.99. The Bertz CT molecular complexity index is 1110. The summed E-state index contributed by atoms with van der Waals surface area (Å²) in [7, 11) is 2.97. The van der Waals surface area contributed by atoms with Gasteiger partial charge >= 0.3 is 0 Å². The van der Waals surface area contributed by atoms with Gasteiger partial charge in [0.05, 0.1) is 20.3 Å². The van der Waals surface area contributed by atoms with Crippen LogP contribution in [0.4, 0.5) is 0 Å². The summed E-state index contributed by atoms with van der Waals surface area (Å²) in [5.41, 5.74) is 3.03. The topological polar surface area (TPSA) is 110 Å². The van der Waals surface area contributed by atoms with Crippen LogP contribution in [0.25, 0.3) is 0 Å². The van der Waals surface area contributed by atoms with Gasteiger partial charge in [-0.25, -0.2) is 5.01 Å². The third-order valence-corrected chi connectivity index (χ3v) is 5.45. The highest BCUT2D eigenvalue weighted by atomic mass is 16.6. The van der Waals surface area contributed by atoms with Crippen LogP contribution >= 0.6 is 0 Å². The van der Waals surface area contributed by atoms with Crippen molar-refractivity contribution >= 4 is 11.8 Å². The van der Waals surface area contributed by atoms with E-state index >= 15 is 0 Å². The van der Waals surface area contributed by atoms with E-state index in [4.69, 9.17) is 18.9 Å². The first-order valence-corrected chi connectivity index (χ1v) is 10.3. The van der Waals surface area contributed by atoms with Crippen molar-refractivity contribution in [2.45, 2.75) is 33.2 Å². The standard InChI is InChI=1S/C24H27N3O6/c1-14-17(7-8-18-21(14)33-10-9-32-18)22(28)26-27(24(3,4)13-25)23(29)16-11-19(30-5)15(2)20(12-16)31-6/h7-8,11-12H,9-10H2,1-6H3,(H,26,28). The summed E-state index contributed by atoms with van der Waals surface area (Å²) in [6, 6.07) is 8.39. The molecule has 0 atom stereocenters. The molecule has 0 radical (unpaired) electrons. The SMILES string of the molecule is COc1cc(C(=O)N(NC(=O)c2ccc3c(c2C)OCCO3)C(C)(C)C#N)cc(OC)c1C. The third-order valence-electron chi connectivity index (χ3n) is 5.45. The van der Waals surface area contributed by atoms with Crippen molar-refractivity contribution in [1.29, 1.82) is 5.26 Å². The molecule has 0 unspecified atom stereocenters. The Morgan fingerprint density at radius 1 is 1.06 bits per heavy atom. The Labute approximate surface area is 192 Å². The number of amides is 2. The lowest BCUT2D eigenvalue weighted by atomic mass is 10.0. The Kier molecular flexibility index (Phi) is 6.68. The number of nitriles is 1. The molecular formula is C24H27N3O6. The molecule has 0 fully saturated rings. The fraction of sp³-hybridized carbons (Fsp3) is 0.375. The minimum atomic E-state index is -1.36. The summed E-state index contributed by atoms with van der Waals surface area (Å²) in [5.74, 6) is 0.774.